The van der Waals surface area contributed by atoms with E-state index in [-0.39, 0.29) is 5.84 Å². The number of nitrogens with zero attached hydrogens (tertiary/aromatic N) is 2. The molecule has 0 bridgehead atoms. The summed E-state index contributed by atoms with van der Waals surface area (Å²) in [4.78, 5) is 6.64. The highest BCUT2D eigenvalue weighted by Crippen LogP contribution is 2.35. The van der Waals surface area contributed by atoms with Gasteiger partial charge < -0.3 is 15.4 Å². The van der Waals surface area contributed by atoms with E-state index in [9.17, 15) is 0 Å². The van der Waals surface area contributed by atoms with Crippen molar-refractivity contribution in [2.75, 3.05) is 18.1 Å². The van der Waals surface area contributed by atoms with Crippen LogP contribution in [0.5, 0.6) is 5.75 Å². The fourth-order valence-corrected chi connectivity index (χ4v) is 1.95. The molecule has 0 atom stereocenters. The van der Waals surface area contributed by atoms with E-state index in [0.29, 0.717) is 19.1 Å². The number of aromatic nitrogens is 1. The lowest BCUT2D eigenvalue weighted by Crippen LogP contribution is -2.31. The summed E-state index contributed by atoms with van der Waals surface area (Å²) < 4.78 is 5.61. The average molecular weight is 248 g/mol. The van der Waals surface area contributed by atoms with Crippen molar-refractivity contribution in [2.45, 2.75) is 32.2 Å². The predicted octanol–water partition coefficient (Wildman–Crippen LogP) is 1.78. The highest BCUT2D eigenvalue weighted by Gasteiger charge is 2.31. The van der Waals surface area contributed by atoms with E-state index in [2.05, 4.69) is 9.88 Å². The lowest BCUT2D eigenvalue weighted by atomic mass is 10.3. The minimum atomic E-state index is 0.217. The van der Waals surface area contributed by atoms with Crippen LogP contribution in [0.1, 0.15) is 26.2 Å². The van der Waals surface area contributed by atoms with E-state index < -0.39 is 0 Å². The molecule has 3 N–H and O–H groups in total. The van der Waals surface area contributed by atoms with Gasteiger partial charge in [-0.1, -0.05) is 0 Å². The first-order valence-corrected chi connectivity index (χ1v) is 6.39. The van der Waals surface area contributed by atoms with Crippen molar-refractivity contribution in [1.29, 1.82) is 5.41 Å². The highest BCUT2D eigenvalue weighted by atomic mass is 16.5. The first-order valence-electron chi connectivity index (χ1n) is 6.39. The van der Waals surface area contributed by atoms with Gasteiger partial charge in [0.1, 0.15) is 0 Å². The molecule has 98 valence electrons. The number of nitrogens with one attached hydrogen (secondary N) is 1. The molecule has 1 aliphatic rings. The third-order valence-electron chi connectivity index (χ3n) is 2.93. The van der Waals surface area contributed by atoms with Crippen LogP contribution in [0.3, 0.4) is 0 Å². The van der Waals surface area contributed by atoms with Crippen LogP contribution < -0.4 is 15.4 Å². The summed E-state index contributed by atoms with van der Waals surface area (Å²) in [6, 6.07) is 4.35. The molecule has 0 amide bonds. The number of nitrogens with two attached hydrogens (primary N) is 1. The second-order valence-electron chi connectivity index (χ2n) is 4.46. The molecule has 0 spiro atoms. The first kappa shape index (κ1) is 12.7. The van der Waals surface area contributed by atoms with Crippen molar-refractivity contribution in [3.8, 4) is 5.75 Å². The summed E-state index contributed by atoms with van der Waals surface area (Å²) in [5.74, 6) is 1.91. The van der Waals surface area contributed by atoms with Gasteiger partial charge in [0.25, 0.3) is 0 Å². The Bertz CT molecular complexity index is 417. The first-order chi connectivity index (χ1) is 8.72. The molecule has 1 heterocycles. The molecular formula is C13H20N4O. The number of amidine groups is 1. The van der Waals surface area contributed by atoms with Gasteiger partial charge in [-0.15, -0.1) is 0 Å². The molecule has 0 unspecified atom stereocenters. The maximum absolute atomic E-state index is 7.35. The van der Waals surface area contributed by atoms with Crippen LogP contribution >= 0.6 is 0 Å². The third-order valence-corrected chi connectivity index (χ3v) is 2.93. The zero-order chi connectivity index (χ0) is 13.0. The number of hydrogen-bond acceptors (Lipinski definition) is 4. The van der Waals surface area contributed by atoms with Gasteiger partial charge in [-0.3, -0.25) is 5.41 Å². The van der Waals surface area contributed by atoms with E-state index in [0.717, 1.165) is 18.1 Å². The summed E-state index contributed by atoms with van der Waals surface area (Å²) in [6.07, 6.45) is 4.71. The molecule has 5 nitrogen and oxygen atoms in total. The molecule has 0 aromatic carbocycles. The molecule has 2 rings (SSSR count). The smallest absolute Gasteiger partial charge is 0.171 e. The molecule has 0 radical (unpaired) electrons. The SMILES string of the molecule is CCOc1cccnc1N(CCC(=N)N)C1CC1. The number of hydrogen-bond donors (Lipinski definition) is 2. The standard InChI is InChI=1S/C13H20N4O/c1-2-18-11-4-3-8-16-13(11)17(10-5-6-10)9-7-12(14)15/h3-4,8,10H,2,5-7,9H2,1H3,(H3,14,15). The fraction of sp³-hybridized carbons (Fsp3) is 0.538. The Hall–Kier alpha value is -1.78. The maximum atomic E-state index is 7.35. The lowest BCUT2D eigenvalue weighted by Gasteiger charge is -2.25. The molecule has 18 heavy (non-hydrogen) atoms. The van der Waals surface area contributed by atoms with Gasteiger partial charge in [-0.2, -0.15) is 0 Å². The molecule has 1 fully saturated rings. The molecule has 0 saturated heterocycles. The predicted molar refractivity (Wildman–Crippen MR) is 72.3 cm³/mol. The van der Waals surface area contributed by atoms with Crippen molar-refractivity contribution < 1.29 is 4.74 Å². The van der Waals surface area contributed by atoms with Crippen molar-refractivity contribution >= 4 is 11.7 Å². The summed E-state index contributed by atoms with van der Waals surface area (Å²) in [5.41, 5.74) is 5.44. The van der Waals surface area contributed by atoms with Crippen LogP contribution in [-0.2, 0) is 0 Å². The Balaban J connectivity index is 2.16. The molecule has 1 saturated carbocycles. The van der Waals surface area contributed by atoms with Gasteiger partial charge in [-0.25, -0.2) is 4.98 Å². The van der Waals surface area contributed by atoms with E-state index >= 15 is 0 Å². The Morgan fingerprint density at radius 1 is 1.61 bits per heavy atom. The molecular weight excluding hydrogens is 228 g/mol. The van der Waals surface area contributed by atoms with Crippen LogP contribution in [0.25, 0.3) is 0 Å². The van der Waals surface area contributed by atoms with Crippen LogP contribution in [0.4, 0.5) is 5.82 Å². The summed E-state index contributed by atoms with van der Waals surface area (Å²) in [6.45, 7) is 3.33. The average Bonchev–Trinajstić information content (AvgIpc) is 3.16. The molecule has 1 aliphatic carbocycles. The van der Waals surface area contributed by atoms with Crippen molar-refractivity contribution in [1.82, 2.24) is 4.98 Å². The van der Waals surface area contributed by atoms with E-state index in [4.69, 9.17) is 15.9 Å². The number of ether oxygens (including phenoxy) is 1. The summed E-state index contributed by atoms with van der Waals surface area (Å²) >= 11 is 0. The van der Waals surface area contributed by atoms with Crippen molar-refractivity contribution in [2.24, 2.45) is 5.73 Å². The monoisotopic (exact) mass is 248 g/mol. The van der Waals surface area contributed by atoms with Gasteiger partial charge in [0.05, 0.1) is 12.4 Å². The minimum absolute atomic E-state index is 0.217. The van der Waals surface area contributed by atoms with E-state index in [1.54, 1.807) is 6.20 Å². The number of anilines is 1. The zero-order valence-corrected chi connectivity index (χ0v) is 10.7. The van der Waals surface area contributed by atoms with Crippen molar-refractivity contribution in [3.63, 3.8) is 0 Å². The summed E-state index contributed by atoms with van der Waals surface area (Å²) in [5, 5.41) is 7.35. The summed E-state index contributed by atoms with van der Waals surface area (Å²) in [7, 11) is 0. The second kappa shape index (κ2) is 5.71. The minimum Gasteiger partial charge on any atom is -0.490 e. The zero-order valence-electron chi connectivity index (χ0n) is 10.7. The Morgan fingerprint density at radius 3 is 3.00 bits per heavy atom. The van der Waals surface area contributed by atoms with Crippen molar-refractivity contribution in [3.05, 3.63) is 18.3 Å². The van der Waals surface area contributed by atoms with Crippen LogP contribution in [0.15, 0.2) is 18.3 Å². The van der Waals surface area contributed by atoms with Crippen LogP contribution in [0, 0.1) is 5.41 Å². The van der Waals surface area contributed by atoms with E-state index in [1.165, 1.54) is 12.8 Å². The normalized spacial score (nSPS) is 14.3. The highest BCUT2D eigenvalue weighted by molar-refractivity contribution is 5.77. The number of rotatable bonds is 7. The fourth-order valence-electron chi connectivity index (χ4n) is 1.95. The number of pyridine rings is 1. The van der Waals surface area contributed by atoms with Crippen LogP contribution in [0.2, 0.25) is 0 Å². The molecule has 5 heteroatoms. The van der Waals surface area contributed by atoms with Gasteiger partial charge in [-0.05, 0) is 31.9 Å². The maximum Gasteiger partial charge on any atom is 0.171 e. The third kappa shape index (κ3) is 3.12. The Labute approximate surface area is 107 Å². The lowest BCUT2D eigenvalue weighted by molar-refractivity contribution is 0.339. The van der Waals surface area contributed by atoms with Gasteiger partial charge >= 0.3 is 0 Å². The largest absolute Gasteiger partial charge is 0.490 e. The van der Waals surface area contributed by atoms with Crippen LogP contribution in [-0.4, -0.2) is 30.0 Å². The second-order valence-corrected chi connectivity index (χ2v) is 4.46. The van der Waals surface area contributed by atoms with Gasteiger partial charge in [0, 0.05) is 25.2 Å². The van der Waals surface area contributed by atoms with Gasteiger partial charge in [0.15, 0.2) is 11.6 Å². The topological polar surface area (TPSA) is 75.2 Å². The van der Waals surface area contributed by atoms with Gasteiger partial charge in [0.2, 0.25) is 0 Å². The van der Waals surface area contributed by atoms with E-state index in [1.807, 2.05) is 19.1 Å². The quantitative estimate of drug-likeness (QED) is 0.569. The molecule has 1 aromatic heterocycles. The molecule has 1 aromatic rings. The molecule has 0 aliphatic heterocycles. The Kier molecular flexibility index (Phi) is 4.02. The Morgan fingerprint density at radius 2 is 2.39 bits per heavy atom.